The van der Waals surface area contributed by atoms with Crippen LogP contribution in [0.1, 0.15) is 30.1 Å². The summed E-state index contributed by atoms with van der Waals surface area (Å²) in [6.45, 7) is 4.01. The minimum atomic E-state index is -0.0965. The molecule has 1 aromatic carbocycles. The molecule has 0 aliphatic carbocycles. The van der Waals surface area contributed by atoms with Gasteiger partial charge >= 0.3 is 0 Å². The molecule has 0 unspecified atom stereocenters. The summed E-state index contributed by atoms with van der Waals surface area (Å²) in [6.07, 6.45) is 2.45. The van der Waals surface area contributed by atoms with E-state index in [0.29, 0.717) is 35.9 Å². The number of benzene rings is 1. The molecule has 0 saturated carbocycles. The van der Waals surface area contributed by atoms with Crippen LogP contribution >= 0.6 is 0 Å². The van der Waals surface area contributed by atoms with Crippen molar-refractivity contribution in [2.24, 2.45) is 0 Å². The number of fused-ring (bicyclic) bond motifs is 1. The van der Waals surface area contributed by atoms with Gasteiger partial charge in [-0.3, -0.25) is 9.59 Å². The standard InChI is InChI=1S/C17H24N2O4/c1-4-8-22-15-10-13(11-20)9-14-17(15)23-12-16(21)19(14)7-5-6-18(2)3/h9-11H,4-8,12H2,1-3H3. The molecule has 0 N–H and O–H groups in total. The van der Waals surface area contributed by atoms with Gasteiger partial charge in [0.15, 0.2) is 18.1 Å². The molecule has 0 aromatic heterocycles. The van der Waals surface area contributed by atoms with E-state index in [9.17, 15) is 9.59 Å². The van der Waals surface area contributed by atoms with Crippen LogP contribution in [0.4, 0.5) is 5.69 Å². The molecule has 1 aromatic rings. The van der Waals surface area contributed by atoms with E-state index >= 15 is 0 Å². The van der Waals surface area contributed by atoms with Gasteiger partial charge in [-0.05, 0) is 45.6 Å². The lowest BCUT2D eigenvalue weighted by Gasteiger charge is -2.31. The molecule has 23 heavy (non-hydrogen) atoms. The minimum absolute atomic E-state index is 0.00210. The summed E-state index contributed by atoms with van der Waals surface area (Å²) in [6, 6.07) is 3.35. The number of carbonyl (C=O) groups excluding carboxylic acids is 2. The van der Waals surface area contributed by atoms with Gasteiger partial charge < -0.3 is 19.3 Å². The molecule has 0 fully saturated rings. The number of amides is 1. The molecule has 1 aliphatic rings. The van der Waals surface area contributed by atoms with E-state index < -0.39 is 0 Å². The summed E-state index contributed by atoms with van der Waals surface area (Å²) < 4.78 is 11.3. The van der Waals surface area contributed by atoms with E-state index in [4.69, 9.17) is 9.47 Å². The highest BCUT2D eigenvalue weighted by Crippen LogP contribution is 2.41. The van der Waals surface area contributed by atoms with Gasteiger partial charge in [0.25, 0.3) is 5.91 Å². The summed E-state index contributed by atoms with van der Waals surface area (Å²) in [4.78, 5) is 27.2. The van der Waals surface area contributed by atoms with Gasteiger partial charge in [-0.2, -0.15) is 0 Å². The van der Waals surface area contributed by atoms with Gasteiger partial charge in [-0.25, -0.2) is 0 Å². The van der Waals surface area contributed by atoms with E-state index in [1.807, 2.05) is 21.0 Å². The Bertz CT molecular complexity index is 572. The van der Waals surface area contributed by atoms with Crippen LogP contribution < -0.4 is 14.4 Å². The van der Waals surface area contributed by atoms with Crippen LogP contribution in [0.15, 0.2) is 12.1 Å². The van der Waals surface area contributed by atoms with Crippen LogP contribution in [-0.2, 0) is 4.79 Å². The van der Waals surface area contributed by atoms with Crippen molar-refractivity contribution in [1.82, 2.24) is 4.90 Å². The maximum absolute atomic E-state index is 12.2. The number of aldehydes is 1. The summed E-state index contributed by atoms with van der Waals surface area (Å²) >= 11 is 0. The predicted octanol–water partition coefficient (Wildman–Crippen LogP) is 1.97. The second-order valence-corrected chi connectivity index (χ2v) is 5.82. The number of carbonyl (C=O) groups is 2. The van der Waals surface area contributed by atoms with Crippen molar-refractivity contribution in [3.8, 4) is 11.5 Å². The van der Waals surface area contributed by atoms with Gasteiger partial charge in [0.2, 0.25) is 0 Å². The van der Waals surface area contributed by atoms with Crippen molar-refractivity contribution in [2.45, 2.75) is 19.8 Å². The van der Waals surface area contributed by atoms with E-state index in [0.717, 1.165) is 25.7 Å². The quantitative estimate of drug-likeness (QED) is 0.685. The summed E-state index contributed by atoms with van der Waals surface area (Å²) in [5, 5.41) is 0. The third-order valence-electron chi connectivity index (χ3n) is 3.57. The maximum atomic E-state index is 12.2. The third kappa shape index (κ3) is 4.22. The van der Waals surface area contributed by atoms with Crippen LogP contribution in [0.5, 0.6) is 11.5 Å². The van der Waals surface area contributed by atoms with Crippen molar-refractivity contribution in [1.29, 1.82) is 0 Å². The van der Waals surface area contributed by atoms with Crippen molar-refractivity contribution < 1.29 is 19.1 Å². The van der Waals surface area contributed by atoms with E-state index in [1.54, 1.807) is 17.0 Å². The zero-order chi connectivity index (χ0) is 16.8. The molecule has 0 bridgehead atoms. The Labute approximate surface area is 137 Å². The van der Waals surface area contributed by atoms with Gasteiger partial charge in [-0.1, -0.05) is 6.92 Å². The molecule has 0 saturated heterocycles. The molecule has 0 atom stereocenters. The molecule has 0 radical (unpaired) electrons. The van der Waals surface area contributed by atoms with Crippen LogP contribution in [0.2, 0.25) is 0 Å². The molecular formula is C17H24N2O4. The van der Waals surface area contributed by atoms with Gasteiger partial charge in [0.1, 0.15) is 6.29 Å². The van der Waals surface area contributed by atoms with Crippen LogP contribution in [0.3, 0.4) is 0 Å². The number of nitrogens with zero attached hydrogens (tertiary/aromatic N) is 2. The normalized spacial score (nSPS) is 13.7. The molecule has 1 aliphatic heterocycles. The van der Waals surface area contributed by atoms with Crippen LogP contribution in [0, 0.1) is 0 Å². The SMILES string of the molecule is CCCOc1cc(C=O)cc2c1OCC(=O)N2CCCN(C)C. The lowest BCUT2D eigenvalue weighted by molar-refractivity contribution is -0.121. The molecule has 1 heterocycles. The number of hydrogen-bond donors (Lipinski definition) is 0. The number of anilines is 1. The van der Waals surface area contributed by atoms with Crippen molar-refractivity contribution in [3.05, 3.63) is 17.7 Å². The predicted molar refractivity (Wildman–Crippen MR) is 88.6 cm³/mol. The number of ether oxygens (including phenoxy) is 2. The molecule has 2 rings (SSSR count). The Morgan fingerprint density at radius 2 is 2.17 bits per heavy atom. The maximum Gasteiger partial charge on any atom is 0.265 e. The van der Waals surface area contributed by atoms with Crippen molar-refractivity contribution in [3.63, 3.8) is 0 Å². The lowest BCUT2D eigenvalue weighted by atomic mass is 10.1. The Balaban J connectivity index is 2.30. The Morgan fingerprint density at radius 1 is 1.39 bits per heavy atom. The second-order valence-electron chi connectivity index (χ2n) is 5.82. The highest BCUT2D eigenvalue weighted by molar-refractivity contribution is 5.99. The Kier molecular flexibility index (Phi) is 5.98. The molecule has 0 spiro atoms. The number of rotatable bonds is 8. The van der Waals surface area contributed by atoms with Crippen LogP contribution in [-0.4, -0.2) is 57.5 Å². The fourth-order valence-corrected chi connectivity index (χ4v) is 2.48. The van der Waals surface area contributed by atoms with Crippen molar-refractivity contribution >= 4 is 17.9 Å². The highest BCUT2D eigenvalue weighted by atomic mass is 16.5. The summed E-state index contributed by atoms with van der Waals surface area (Å²) in [7, 11) is 3.99. The molecular weight excluding hydrogens is 296 g/mol. The number of hydrogen-bond acceptors (Lipinski definition) is 5. The molecule has 6 heteroatoms. The minimum Gasteiger partial charge on any atom is -0.490 e. The average Bonchev–Trinajstić information content (AvgIpc) is 2.53. The monoisotopic (exact) mass is 320 g/mol. The fourth-order valence-electron chi connectivity index (χ4n) is 2.48. The lowest BCUT2D eigenvalue weighted by Crippen LogP contribution is -2.40. The van der Waals surface area contributed by atoms with E-state index in [2.05, 4.69) is 4.90 Å². The first kappa shape index (κ1) is 17.3. The van der Waals surface area contributed by atoms with E-state index in [-0.39, 0.29) is 12.5 Å². The second kappa shape index (κ2) is 7.97. The first-order valence-corrected chi connectivity index (χ1v) is 7.90. The summed E-state index contributed by atoms with van der Waals surface area (Å²) in [5.74, 6) is 0.978. The average molecular weight is 320 g/mol. The van der Waals surface area contributed by atoms with Crippen LogP contribution in [0.25, 0.3) is 0 Å². The smallest absolute Gasteiger partial charge is 0.265 e. The zero-order valence-corrected chi connectivity index (χ0v) is 14.0. The molecule has 6 nitrogen and oxygen atoms in total. The summed E-state index contributed by atoms with van der Waals surface area (Å²) in [5.41, 5.74) is 1.10. The van der Waals surface area contributed by atoms with Gasteiger partial charge in [-0.15, -0.1) is 0 Å². The topological polar surface area (TPSA) is 59.1 Å². The Hall–Kier alpha value is -2.08. The van der Waals surface area contributed by atoms with Gasteiger partial charge in [0, 0.05) is 12.1 Å². The zero-order valence-electron chi connectivity index (χ0n) is 14.0. The highest BCUT2D eigenvalue weighted by Gasteiger charge is 2.28. The molecule has 1 amide bonds. The van der Waals surface area contributed by atoms with E-state index in [1.165, 1.54) is 0 Å². The first-order chi connectivity index (χ1) is 11.1. The largest absolute Gasteiger partial charge is 0.490 e. The van der Waals surface area contributed by atoms with Gasteiger partial charge in [0.05, 0.1) is 12.3 Å². The van der Waals surface area contributed by atoms with Crippen molar-refractivity contribution in [2.75, 3.05) is 45.3 Å². The Morgan fingerprint density at radius 3 is 2.83 bits per heavy atom. The fraction of sp³-hybridized carbons (Fsp3) is 0.529. The first-order valence-electron chi connectivity index (χ1n) is 7.90. The third-order valence-corrected chi connectivity index (χ3v) is 3.57. The molecule has 126 valence electrons.